The summed E-state index contributed by atoms with van der Waals surface area (Å²) in [4.78, 5) is 22.9. The fourth-order valence-electron chi connectivity index (χ4n) is 3.66. The van der Waals surface area contributed by atoms with Gasteiger partial charge in [0, 0.05) is 18.1 Å². The molecule has 2 N–H and O–H groups in total. The van der Waals surface area contributed by atoms with Gasteiger partial charge in [-0.05, 0) is 69.3 Å². The van der Waals surface area contributed by atoms with E-state index in [9.17, 15) is 14.9 Å². The lowest BCUT2D eigenvalue weighted by Crippen LogP contribution is -2.43. The molecule has 1 aromatic carbocycles. The number of nitrogens with one attached hydrogen (secondary N) is 2. The summed E-state index contributed by atoms with van der Waals surface area (Å²) in [5.74, 6) is 0.220. The van der Waals surface area contributed by atoms with E-state index < -0.39 is 10.5 Å². The minimum atomic E-state index is -0.539. The Balaban J connectivity index is 0.00000208. The maximum Gasteiger partial charge on any atom is 0.269 e. The smallest absolute Gasteiger partial charge is 0.269 e. The summed E-state index contributed by atoms with van der Waals surface area (Å²) in [5, 5.41) is 17.2. The first kappa shape index (κ1) is 18.7. The second kappa shape index (κ2) is 6.69. The first-order valence-corrected chi connectivity index (χ1v) is 8.12. The van der Waals surface area contributed by atoms with Crippen LogP contribution in [0.2, 0.25) is 0 Å². The quantitative estimate of drug-likeness (QED) is 0.644. The van der Waals surface area contributed by atoms with Crippen molar-refractivity contribution in [3.63, 3.8) is 0 Å². The van der Waals surface area contributed by atoms with Gasteiger partial charge in [0.05, 0.1) is 10.5 Å². The number of nitro groups is 1. The second-order valence-electron chi connectivity index (χ2n) is 7.29. The van der Waals surface area contributed by atoms with Gasteiger partial charge in [-0.3, -0.25) is 14.9 Å². The van der Waals surface area contributed by atoms with E-state index in [1.54, 1.807) is 12.1 Å². The van der Waals surface area contributed by atoms with E-state index in [0.29, 0.717) is 0 Å². The van der Waals surface area contributed by atoms with Crippen LogP contribution in [-0.4, -0.2) is 23.9 Å². The standard InChI is InChI=1S/C17H23N3O3.ClH/c1-16(2,12-3-5-13(6-4-12)20(22)23)19-15(21)14-11-17(14)7-9-18-10-8-17;/h3-6,14,18H,7-11H2,1-2H3,(H,19,21);1H. The summed E-state index contributed by atoms with van der Waals surface area (Å²) < 4.78 is 0. The van der Waals surface area contributed by atoms with Gasteiger partial charge < -0.3 is 10.6 Å². The maximum atomic E-state index is 12.6. The molecule has 0 bridgehead atoms. The molecule has 1 aromatic rings. The molecule has 6 nitrogen and oxygen atoms in total. The third-order valence-electron chi connectivity index (χ3n) is 5.34. The number of hydrogen-bond acceptors (Lipinski definition) is 4. The number of nitrogens with zero attached hydrogens (tertiary/aromatic N) is 1. The minimum Gasteiger partial charge on any atom is -0.347 e. The predicted molar refractivity (Wildman–Crippen MR) is 94.2 cm³/mol. The van der Waals surface area contributed by atoms with Crippen molar-refractivity contribution in [3.8, 4) is 0 Å². The van der Waals surface area contributed by atoms with Crippen LogP contribution in [0.5, 0.6) is 0 Å². The Labute approximate surface area is 148 Å². The van der Waals surface area contributed by atoms with Crippen molar-refractivity contribution >= 4 is 24.0 Å². The molecule has 0 aromatic heterocycles. The number of piperidine rings is 1. The van der Waals surface area contributed by atoms with Gasteiger partial charge >= 0.3 is 0 Å². The van der Waals surface area contributed by atoms with Crippen LogP contribution in [0.25, 0.3) is 0 Å². The van der Waals surface area contributed by atoms with Crippen LogP contribution in [0.3, 0.4) is 0 Å². The molecule has 1 heterocycles. The van der Waals surface area contributed by atoms with Gasteiger partial charge in [-0.15, -0.1) is 12.4 Å². The Kier molecular flexibility index (Phi) is 5.20. The molecule has 2 aliphatic rings. The van der Waals surface area contributed by atoms with E-state index in [0.717, 1.165) is 37.9 Å². The van der Waals surface area contributed by atoms with Gasteiger partial charge in [-0.1, -0.05) is 0 Å². The molecule has 0 radical (unpaired) electrons. The van der Waals surface area contributed by atoms with Crippen LogP contribution in [0.4, 0.5) is 5.69 Å². The van der Waals surface area contributed by atoms with Crippen molar-refractivity contribution in [2.45, 2.75) is 38.6 Å². The predicted octanol–water partition coefficient (Wildman–Crippen LogP) is 2.76. The molecular formula is C17H24ClN3O3. The number of rotatable bonds is 4. The third kappa shape index (κ3) is 3.54. The molecule has 7 heteroatoms. The van der Waals surface area contributed by atoms with Gasteiger partial charge in [-0.2, -0.15) is 0 Å². The van der Waals surface area contributed by atoms with Crippen molar-refractivity contribution < 1.29 is 9.72 Å². The number of amides is 1. The van der Waals surface area contributed by atoms with Crippen molar-refractivity contribution in [3.05, 3.63) is 39.9 Å². The molecule has 3 rings (SSSR count). The monoisotopic (exact) mass is 353 g/mol. The SMILES string of the molecule is CC(C)(NC(=O)C1CC12CCNCC2)c1ccc([N+](=O)[O-])cc1.Cl. The molecule has 1 saturated heterocycles. The average Bonchev–Trinajstić information content (AvgIpc) is 3.21. The van der Waals surface area contributed by atoms with Crippen LogP contribution in [-0.2, 0) is 10.3 Å². The molecular weight excluding hydrogens is 330 g/mol. The van der Waals surface area contributed by atoms with E-state index in [4.69, 9.17) is 0 Å². The molecule has 1 saturated carbocycles. The molecule has 1 atom stereocenters. The van der Waals surface area contributed by atoms with E-state index in [2.05, 4.69) is 10.6 Å². The second-order valence-corrected chi connectivity index (χ2v) is 7.29. The largest absolute Gasteiger partial charge is 0.347 e. The molecule has 1 aliphatic heterocycles. The fraction of sp³-hybridized carbons (Fsp3) is 0.588. The highest BCUT2D eigenvalue weighted by atomic mass is 35.5. The maximum absolute atomic E-state index is 12.6. The zero-order valence-electron chi connectivity index (χ0n) is 14.0. The van der Waals surface area contributed by atoms with Crippen molar-refractivity contribution in [2.24, 2.45) is 11.3 Å². The van der Waals surface area contributed by atoms with Crippen LogP contribution in [0.1, 0.15) is 38.7 Å². The molecule has 1 unspecified atom stereocenters. The topological polar surface area (TPSA) is 84.3 Å². The first-order valence-electron chi connectivity index (χ1n) is 8.12. The zero-order valence-corrected chi connectivity index (χ0v) is 14.8. The summed E-state index contributed by atoms with van der Waals surface area (Å²) >= 11 is 0. The summed E-state index contributed by atoms with van der Waals surface area (Å²) in [6.45, 7) is 5.86. The van der Waals surface area contributed by atoms with Crippen molar-refractivity contribution in [1.29, 1.82) is 0 Å². The Morgan fingerprint density at radius 3 is 2.42 bits per heavy atom. The first-order chi connectivity index (χ1) is 10.8. The molecule has 1 amide bonds. The Morgan fingerprint density at radius 1 is 1.29 bits per heavy atom. The highest BCUT2D eigenvalue weighted by Crippen LogP contribution is 2.58. The van der Waals surface area contributed by atoms with Gasteiger partial charge in [-0.25, -0.2) is 0 Å². The van der Waals surface area contributed by atoms with Crippen LogP contribution < -0.4 is 10.6 Å². The summed E-state index contributed by atoms with van der Waals surface area (Å²) in [7, 11) is 0. The lowest BCUT2D eigenvalue weighted by Gasteiger charge is -2.28. The summed E-state index contributed by atoms with van der Waals surface area (Å²) in [5.41, 5.74) is 0.604. The molecule has 1 aliphatic carbocycles. The number of carbonyl (C=O) groups excluding carboxylic acids is 1. The van der Waals surface area contributed by atoms with Crippen molar-refractivity contribution in [2.75, 3.05) is 13.1 Å². The van der Waals surface area contributed by atoms with Crippen LogP contribution in [0, 0.1) is 21.4 Å². The molecule has 24 heavy (non-hydrogen) atoms. The molecule has 1 spiro atoms. The fourth-order valence-corrected chi connectivity index (χ4v) is 3.66. The Hall–Kier alpha value is -1.66. The lowest BCUT2D eigenvalue weighted by atomic mass is 9.90. The third-order valence-corrected chi connectivity index (χ3v) is 5.34. The summed E-state index contributed by atoms with van der Waals surface area (Å²) in [6, 6.07) is 6.39. The highest BCUT2D eigenvalue weighted by Gasteiger charge is 2.58. The Bertz CT molecular complexity index is 624. The van der Waals surface area contributed by atoms with Gasteiger partial charge in [0.25, 0.3) is 5.69 Å². The number of carbonyl (C=O) groups is 1. The molecule has 2 fully saturated rings. The van der Waals surface area contributed by atoms with E-state index in [1.165, 1.54) is 12.1 Å². The number of non-ortho nitro benzene ring substituents is 1. The van der Waals surface area contributed by atoms with Crippen LogP contribution >= 0.6 is 12.4 Å². The number of nitro benzene ring substituents is 1. The average molecular weight is 354 g/mol. The van der Waals surface area contributed by atoms with Crippen LogP contribution in [0.15, 0.2) is 24.3 Å². The molecule has 132 valence electrons. The normalized spacial score (nSPS) is 21.7. The van der Waals surface area contributed by atoms with Crippen molar-refractivity contribution in [1.82, 2.24) is 10.6 Å². The van der Waals surface area contributed by atoms with Gasteiger partial charge in [0.2, 0.25) is 5.91 Å². The van der Waals surface area contributed by atoms with E-state index >= 15 is 0 Å². The minimum absolute atomic E-state index is 0. The summed E-state index contributed by atoms with van der Waals surface area (Å²) in [6.07, 6.45) is 3.13. The van der Waals surface area contributed by atoms with Gasteiger partial charge in [0.15, 0.2) is 0 Å². The van der Waals surface area contributed by atoms with Gasteiger partial charge in [0.1, 0.15) is 0 Å². The lowest BCUT2D eigenvalue weighted by molar-refractivity contribution is -0.384. The van der Waals surface area contributed by atoms with E-state index in [1.807, 2.05) is 13.8 Å². The number of hydrogen-bond donors (Lipinski definition) is 2. The highest BCUT2D eigenvalue weighted by molar-refractivity contribution is 5.85. The van der Waals surface area contributed by atoms with E-state index in [-0.39, 0.29) is 35.3 Å². The zero-order chi connectivity index (χ0) is 16.7. The Morgan fingerprint density at radius 2 is 1.88 bits per heavy atom. The number of benzene rings is 1. The number of halogens is 1.